The molecule has 2 heterocycles. The van der Waals surface area contributed by atoms with Crippen LogP contribution in [0.25, 0.3) is 0 Å². The van der Waals surface area contributed by atoms with Gasteiger partial charge in [-0.15, -0.1) is 0 Å². The van der Waals surface area contributed by atoms with E-state index in [4.69, 9.17) is 0 Å². The van der Waals surface area contributed by atoms with Crippen molar-refractivity contribution in [3.63, 3.8) is 0 Å². The van der Waals surface area contributed by atoms with Gasteiger partial charge in [-0.2, -0.15) is 0 Å². The normalized spacial score (nSPS) is 26.7. The van der Waals surface area contributed by atoms with Gasteiger partial charge >= 0.3 is 0 Å². The first-order chi connectivity index (χ1) is 8.36. The van der Waals surface area contributed by atoms with Crippen LogP contribution in [0.1, 0.15) is 38.5 Å². The summed E-state index contributed by atoms with van der Waals surface area (Å²) in [6, 6.07) is 0.0686. The third-order valence-corrected chi connectivity index (χ3v) is 3.80. The highest BCUT2D eigenvalue weighted by molar-refractivity contribution is 5.81. The van der Waals surface area contributed by atoms with Gasteiger partial charge in [0.25, 0.3) is 0 Å². The average molecular weight is 239 g/mol. The molecule has 2 aliphatic heterocycles. The van der Waals surface area contributed by atoms with E-state index < -0.39 is 0 Å². The van der Waals surface area contributed by atoms with E-state index in [-0.39, 0.29) is 11.9 Å². The first-order valence-electron chi connectivity index (χ1n) is 7.10. The maximum Gasteiger partial charge on any atom is 0.237 e. The number of carbonyl (C=O) groups excluding carboxylic acids is 1. The smallest absolute Gasteiger partial charge is 0.237 e. The molecule has 2 fully saturated rings. The van der Waals surface area contributed by atoms with Crippen LogP contribution >= 0.6 is 0 Å². The van der Waals surface area contributed by atoms with Crippen molar-refractivity contribution in [2.24, 2.45) is 0 Å². The predicted molar refractivity (Wildman–Crippen MR) is 68.9 cm³/mol. The van der Waals surface area contributed by atoms with Gasteiger partial charge in [-0.3, -0.25) is 4.79 Å². The third kappa shape index (κ3) is 4.28. The molecule has 0 aromatic rings. The van der Waals surface area contributed by atoms with Crippen LogP contribution in [0.4, 0.5) is 0 Å². The summed E-state index contributed by atoms with van der Waals surface area (Å²) in [5.74, 6) is 0.192. The fourth-order valence-electron chi connectivity index (χ4n) is 2.73. The van der Waals surface area contributed by atoms with Crippen molar-refractivity contribution in [1.82, 2.24) is 15.5 Å². The number of nitrogens with one attached hydrogen (secondary N) is 2. The summed E-state index contributed by atoms with van der Waals surface area (Å²) in [4.78, 5) is 14.2. The molecule has 17 heavy (non-hydrogen) atoms. The molecule has 1 amide bonds. The van der Waals surface area contributed by atoms with Gasteiger partial charge in [0.1, 0.15) is 0 Å². The van der Waals surface area contributed by atoms with Gasteiger partial charge in [0, 0.05) is 13.1 Å². The average Bonchev–Trinajstić information content (AvgIpc) is 2.75. The molecule has 0 aliphatic carbocycles. The van der Waals surface area contributed by atoms with E-state index in [1.54, 1.807) is 0 Å². The Morgan fingerprint density at radius 2 is 1.94 bits per heavy atom. The van der Waals surface area contributed by atoms with E-state index in [0.29, 0.717) is 0 Å². The first-order valence-corrected chi connectivity index (χ1v) is 7.10. The third-order valence-electron chi connectivity index (χ3n) is 3.80. The van der Waals surface area contributed by atoms with E-state index in [2.05, 4.69) is 15.5 Å². The molecule has 0 aromatic carbocycles. The molecule has 4 heteroatoms. The zero-order valence-electron chi connectivity index (χ0n) is 10.7. The summed E-state index contributed by atoms with van der Waals surface area (Å²) in [6.45, 7) is 5.22. The second-order valence-corrected chi connectivity index (χ2v) is 5.20. The molecule has 0 unspecified atom stereocenters. The number of hydrogen-bond donors (Lipinski definition) is 2. The minimum absolute atomic E-state index is 0.0686. The first kappa shape index (κ1) is 12.8. The minimum atomic E-state index is 0.0686. The fourth-order valence-corrected chi connectivity index (χ4v) is 2.73. The van der Waals surface area contributed by atoms with E-state index >= 15 is 0 Å². The van der Waals surface area contributed by atoms with Gasteiger partial charge < -0.3 is 15.5 Å². The van der Waals surface area contributed by atoms with Crippen LogP contribution in [0.3, 0.4) is 0 Å². The maximum absolute atomic E-state index is 11.8. The minimum Gasteiger partial charge on any atom is -0.353 e. The van der Waals surface area contributed by atoms with Crippen LogP contribution in [-0.4, -0.2) is 49.6 Å². The molecule has 98 valence electrons. The molecule has 0 bridgehead atoms. The highest BCUT2D eigenvalue weighted by Gasteiger charge is 2.21. The highest BCUT2D eigenvalue weighted by atomic mass is 16.2. The molecule has 0 radical (unpaired) electrons. The summed E-state index contributed by atoms with van der Waals surface area (Å²) in [7, 11) is 0. The Kier molecular flexibility index (Phi) is 5.26. The molecular formula is C13H25N3O. The van der Waals surface area contributed by atoms with Crippen LogP contribution in [0.15, 0.2) is 0 Å². The van der Waals surface area contributed by atoms with E-state index in [1.807, 2.05) is 0 Å². The SMILES string of the molecule is O=C(NCCN1CCCCCC1)[C@H]1CCCN1. The van der Waals surface area contributed by atoms with Gasteiger partial charge in [0.2, 0.25) is 5.91 Å². The fraction of sp³-hybridized carbons (Fsp3) is 0.923. The Hall–Kier alpha value is -0.610. The zero-order valence-corrected chi connectivity index (χ0v) is 10.7. The van der Waals surface area contributed by atoms with Crippen molar-refractivity contribution in [2.75, 3.05) is 32.7 Å². The molecule has 2 N–H and O–H groups in total. The Morgan fingerprint density at radius 3 is 2.59 bits per heavy atom. The Morgan fingerprint density at radius 1 is 1.18 bits per heavy atom. The number of likely N-dealkylation sites (tertiary alicyclic amines) is 1. The van der Waals surface area contributed by atoms with Crippen LogP contribution in [-0.2, 0) is 4.79 Å². The molecule has 2 rings (SSSR count). The Labute approximate surface area is 104 Å². The number of carbonyl (C=O) groups is 1. The molecule has 2 saturated heterocycles. The van der Waals surface area contributed by atoms with Crippen molar-refractivity contribution in [2.45, 2.75) is 44.6 Å². The van der Waals surface area contributed by atoms with E-state index in [9.17, 15) is 4.79 Å². The Balaban J connectivity index is 1.59. The highest BCUT2D eigenvalue weighted by Crippen LogP contribution is 2.09. The van der Waals surface area contributed by atoms with E-state index in [1.165, 1.54) is 38.8 Å². The van der Waals surface area contributed by atoms with E-state index in [0.717, 1.165) is 32.5 Å². The van der Waals surface area contributed by atoms with Gasteiger partial charge in [0.15, 0.2) is 0 Å². The molecular weight excluding hydrogens is 214 g/mol. The van der Waals surface area contributed by atoms with Crippen LogP contribution in [0.5, 0.6) is 0 Å². The summed E-state index contributed by atoms with van der Waals surface area (Å²) in [5, 5.41) is 6.28. The van der Waals surface area contributed by atoms with Crippen molar-refractivity contribution < 1.29 is 4.79 Å². The van der Waals surface area contributed by atoms with Gasteiger partial charge in [-0.25, -0.2) is 0 Å². The molecule has 0 saturated carbocycles. The van der Waals surface area contributed by atoms with Gasteiger partial charge in [0.05, 0.1) is 6.04 Å². The molecule has 4 nitrogen and oxygen atoms in total. The van der Waals surface area contributed by atoms with Crippen molar-refractivity contribution in [3.05, 3.63) is 0 Å². The lowest BCUT2D eigenvalue weighted by Crippen LogP contribution is -2.43. The lowest BCUT2D eigenvalue weighted by Gasteiger charge is -2.20. The second kappa shape index (κ2) is 6.97. The zero-order chi connectivity index (χ0) is 11.9. The van der Waals surface area contributed by atoms with Gasteiger partial charge in [-0.05, 0) is 45.3 Å². The number of hydrogen-bond acceptors (Lipinski definition) is 3. The lowest BCUT2D eigenvalue weighted by atomic mass is 10.2. The lowest BCUT2D eigenvalue weighted by molar-refractivity contribution is -0.122. The van der Waals surface area contributed by atoms with Crippen molar-refractivity contribution in [1.29, 1.82) is 0 Å². The topological polar surface area (TPSA) is 44.4 Å². The monoisotopic (exact) mass is 239 g/mol. The standard InChI is InChI=1S/C13H25N3O/c17-13(12-6-5-7-14-12)15-8-11-16-9-3-1-2-4-10-16/h12,14H,1-11H2,(H,15,17)/t12-/m1/s1. The number of rotatable bonds is 4. The molecule has 2 aliphatic rings. The Bertz CT molecular complexity index is 231. The summed E-state index contributed by atoms with van der Waals surface area (Å²) in [6.07, 6.45) is 7.50. The summed E-state index contributed by atoms with van der Waals surface area (Å²) in [5.41, 5.74) is 0. The predicted octanol–water partition coefficient (Wildman–Crippen LogP) is 0.731. The number of amides is 1. The summed E-state index contributed by atoms with van der Waals surface area (Å²) < 4.78 is 0. The molecule has 1 atom stereocenters. The largest absolute Gasteiger partial charge is 0.353 e. The summed E-state index contributed by atoms with van der Waals surface area (Å²) >= 11 is 0. The maximum atomic E-state index is 11.8. The van der Waals surface area contributed by atoms with Crippen LogP contribution in [0, 0.1) is 0 Å². The quantitative estimate of drug-likeness (QED) is 0.760. The second-order valence-electron chi connectivity index (χ2n) is 5.20. The van der Waals surface area contributed by atoms with Crippen molar-refractivity contribution in [3.8, 4) is 0 Å². The number of nitrogens with zero attached hydrogens (tertiary/aromatic N) is 1. The molecule has 0 aromatic heterocycles. The molecule has 0 spiro atoms. The van der Waals surface area contributed by atoms with Gasteiger partial charge in [-0.1, -0.05) is 12.8 Å². The van der Waals surface area contributed by atoms with Crippen molar-refractivity contribution >= 4 is 5.91 Å². The van der Waals surface area contributed by atoms with Crippen LogP contribution in [0.2, 0.25) is 0 Å². The van der Waals surface area contributed by atoms with Crippen LogP contribution < -0.4 is 10.6 Å².